The Balaban J connectivity index is 2.33. The van der Waals surface area contributed by atoms with Gasteiger partial charge in [0.05, 0.1) is 21.3 Å². The number of amides is 1. The molecule has 2 aromatic rings. The van der Waals surface area contributed by atoms with Crippen LogP contribution in [-0.2, 0) is 0 Å². The zero-order valence-electron chi connectivity index (χ0n) is 10.4. The molecule has 20 heavy (non-hydrogen) atoms. The molecule has 7 heteroatoms. The first-order valence-electron chi connectivity index (χ1n) is 5.61. The molecular weight excluding hydrogens is 304 g/mol. The Morgan fingerprint density at radius 2 is 2.05 bits per heavy atom. The standard InChI is InChI=1S/C13H10Cl2FN3O/c1-17-11-5-7(9(15)6-18-11)13(20)19-12-8(14)3-2-4-10(12)16/h2-6H,1H3,(H,17,18)(H,19,20). The smallest absolute Gasteiger partial charge is 0.257 e. The summed E-state index contributed by atoms with van der Waals surface area (Å²) in [5.41, 5.74) is 0.0865. The maximum Gasteiger partial charge on any atom is 0.257 e. The van der Waals surface area contributed by atoms with E-state index in [1.807, 2.05) is 0 Å². The lowest BCUT2D eigenvalue weighted by Gasteiger charge is -2.10. The van der Waals surface area contributed by atoms with Crippen LogP contribution in [0.1, 0.15) is 10.4 Å². The summed E-state index contributed by atoms with van der Waals surface area (Å²) in [6, 6.07) is 5.60. The fourth-order valence-electron chi connectivity index (χ4n) is 1.55. The molecule has 1 aromatic heterocycles. The van der Waals surface area contributed by atoms with Crippen LogP contribution in [0.5, 0.6) is 0 Å². The van der Waals surface area contributed by atoms with Gasteiger partial charge in [-0.1, -0.05) is 29.3 Å². The van der Waals surface area contributed by atoms with Gasteiger partial charge >= 0.3 is 0 Å². The number of carbonyl (C=O) groups is 1. The molecule has 0 aliphatic carbocycles. The first-order valence-corrected chi connectivity index (χ1v) is 6.37. The molecule has 0 aliphatic rings. The van der Waals surface area contributed by atoms with Crippen LogP contribution in [0.2, 0.25) is 10.0 Å². The number of benzene rings is 1. The molecule has 4 nitrogen and oxygen atoms in total. The maximum atomic E-state index is 13.6. The number of aromatic nitrogens is 1. The van der Waals surface area contributed by atoms with E-state index < -0.39 is 11.7 Å². The summed E-state index contributed by atoms with van der Waals surface area (Å²) in [5.74, 6) is -0.718. The molecule has 0 unspecified atom stereocenters. The average molecular weight is 314 g/mol. The second kappa shape index (κ2) is 6.07. The molecule has 1 aromatic carbocycles. The van der Waals surface area contributed by atoms with Crippen molar-refractivity contribution in [3.05, 3.63) is 51.9 Å². The van der Waals surface area contributed by atoms with Crippen molar-refractivity contribution >= 4 is 40.6 Å². The summed E-state index contributed by atoms with van der Waals surface area (Å²) in [4.78, 5) is 16.1. The van der Waals surface area contributed by atoms with E-state index in [0.717, 1.165) is 0 Å². The molecule has 1 amide bonds. The number of para-hydroxylation sites is 1. The summed E-state index contributed by atoms with van der Waals surface area (Å²) >= 11 is 11.8. The third-order valence-electron chi connectivity index (χ3n) is 2.56. The van der Waals surface area contributed by atoms with Crippen molar-refractivity contribution in [2.45, 2.75) is 0 Å². The highest BCUT2D eigenvalue weighted by Gasteiger charge is 2.15. The predicted molar refractivity (Wildman–Crippen MR) is 78.2 cm³/mol. The minimum absolute atomic E-state index is 0.0851. The topological polar surface area (TPSA) is 54.0 Å². The number of pyridine rings is 1. The molecule has 0 atom stereocenters. The Morgan fingerprint density at radius 3 is 2.70 bits per heavy atom. The maximum absolute atomic E-state index is 13.6. The van der Waals surface area contributed by atoms with Gasteiger partial charge in [-0.3, -0.25) is 4.79 Å². The van der Waals surface area contributed by atoms with Crippen molar-refractivity contribution in [2.24, 2.45) is 0 Å². The van der Waals surface area contributed by atoms with Crippen LogP contribution in [0.4, 0.5) is 15.9 Å². The second-order valence-corrected chi connectivity index (χ2v) is 4.66. The zero-order valence-corrected chi connectivity index (χ0v) is 11.9. The second-order valence-electron chi connectivity index (χ2n) is 3.85. The molecule has 0 saturated heterocycles. The van der Waals surface area contributed by atoms with E-state index >= 15 is 0 Å². The van der Waals surface area contributed by atoms with Crippen LogP contribution in [0.15, 0.2) is 30.5 Å². The number of rotatable bonds is 3. The van der Waals surface area contributed by atoms with Crippen LogP contribution in [0, 0.1) is 5.82 Å². The monoisotopic (exact) mass is 313 g/mol. The summed E-state index contributed by atoms with van der Waals surface area (Å²) in [5, 5.41) is 5.46. The van der Waals surface area contributed by atoms with E-state index in [1.165, 1.54) is 30.5 Å². The van der Waals surface area contributed by atoms with Gasteiger partial charge < -0.3 is 10.6 Å². The predicted octanol–water partition coefficient (Wildman–Crippen LogP) is 3.82. The van der Waals surface area contributed by atoms with Gasteiger partial charge in [-0.05, 0) is 18.2 Å². The highest BCUT2D eigenvalue weighted by Crippen LogP contribution is 2.26. The normalized spacial score (nSPS) is 10.2. The van der Waals surface area contributed by atoms with Gasteiger partial charge in [-0.25, -0.2) is 9.37 Å². The highest BCUT2D eigenvalue weighted by atomic mass is 35.5. The number of nitrogens with one attached hydrogen (secondary N) is 2. The molecule has 0 fully saturated rings. The van der Waals surface area contributed by atoms with Crippen LogP contribution in [-0.4, -0.2) is 17.9 Å². The highest BCUT2D eigenvalue weighted by molar-refractivity contribution is 6.36. The number of halogens is 3. The van der Waals surface area contributed by atoms with Crippen molar-refractivity contribution in [3.8, 4) is 0 Å². The van der Waals surface area contributed by atoms with E-state index in [9.17, 15) is 9.18 Å². The summed E-state index contributed by atoms with van der Waals surface area (Å²) in [7, 11) is 1.66. The van der Waals surface area contributed by atoms with Crippen LogP contribution >= 0.6 is 23.2 Å². The molecule has 0 radical (unpaired) electrons. The minimum atomic E-state index is -0.620. The number of hydrogen-bond donors (Lipinski definition) is 2. The number of carbonyl (C=O) groups excluding carboxylic acids is 1. The van der Waals surface area contributed by atoms with Crippen molar-refractivity contribution in [2.75, 3.05) is 17.7 Å². The van der Waals surface area contributed by atoms with Crippen LogP contribution in [0.25, 0.3) is 0 Å². The van der Waals surface area contributed by atoms with Crippen molar-refractivity contribution < 1.29 is 9.18 Å². The number of hydrogen-bond acceptors (Lipinski definition) is 3. The number of nitrogens with zero attached hydrogens (tertiary/aromatic N) is 1. The minimum Gasteiger partial charge on any atom is -0.373 e. The first-order chi connectivity index (χ1) is 9.52. The third kappa shape index (κ3) is 3.00. The largest absolute Gasteiger partial charge is 0.373 e. The van der Waals surface area contributed by atoms with Crippen LogP contribution in [0.3, 0.4) is 0 Å². The van der Waals surface area contributed by atoms with Gasteiger partial charge in [-0.15, -0.1) is 0 Å². The Kier molecular flexibility index (Phi) is 4.42. The third-order valence-corrected chi connectivity index (χ3v) is 3.17. The fraction of sp³-hybridized carbons (Fsp3) is 0.0769. The lowest BCUT2D eigenvalue weighted by Crippen LogP contribution is -2.14. The lowest BCUT2D eigenvalue weighted by atomic mass is 10.2. The Morgan fingerprint density at radius 1 is 1.30 bits per heavy atom. The fourth-order valence-corrected chi connectivity index (χ4v) is 1.95. The molecule has 0 spiro atoms. The van der Waals surface area contributed by atoms with E-state index in [0.29, 0.717) is 5.82 Å². The van der Waals surface area contributed by atoms with E-state index in [-0.39, 0.29) is 21.3 Å². The molecule has 2 rings (SSSR count). The van der Waals surface area contributed by atoms with Gasteiger partial charge in [-0.2, -0.15) is 0 Å². The van der Waals surface area contributed by atoms with E-state index in [2.05, 4.69) is 15.6 Å². The zero-order chi connectivity index (χ0) is 14.7. The quantitative estimate of drug-likeness (QED) is 0.905. The molecule has 0 bridgehead atoms. The molecule has 2 N–H and O–H groups in total. The molecule has 1 heterocycles. The average Bonchev–Trinajstić information content (AvgIpc) is 2.43. The van der Waals surface area contributed by atoms with Crippen molar-refractivity contribution in [3.63, 3.8) is 0 Å². The summed E-state index contributed by atoms with van der Waals surface area (Å²) < 4.78 is 13.6. The van der Waals surface area contributed by atoms with Gasteiger partial charge in [0.15, 0.2) is 0 Å². The van der Waals surface area contributed by atoms with Gasteiger partial charge in [0.1, 0.15) is 11.6 Å². The van der Waals surface area contributed by atoms with Gasteiger partial charge in [0.2, 0.25) is 0 Å². The summed E-state index contributed by atoms with van der Waals surface area (Å²) in [6.45, 7) is 0. The molecule has 104 valence electrons. The lowest BCUT2D eigenvalue weighted by molar-refractivity contribution is 0.102. The molecule has 0 saturated carbocycles. The Hall–Kier alpha value is -1.85. The Bertz CT molecular complexity index is 644. The Labute approximate surface area is 124 Å². The van der Waals surface area contributed by atoms with Gasteiger partial charge in [0.25, 0.3) is 5.91 Å². The van der Waals surface area contributed by atoms with E-state index in [1.54, 1.807) is 7.05 Å². The SMILES string of the molecule is CNc1cc(C(=O)Nc2c(F)cccc2Cl)c(Cl)cn1. The van der Waals surface area contributed by atoms with Gasteiger partial charge in [0, 0.05) is 13.2 Å². The summed E-state index contributed by atoms with van der Waals surface area (Å²) in [6.07, 6.45) is 1.34. The van der Waals surface area contributed by atoms with E-state index in [4.69, 9.17) is 23.2 Å². The number of anilines is 2. The van der Waals surface area contributed by atoms with Crippen molar-refractivity contribution in [1.82, 2.24) is 4.98 Å². The van der Waals surface area contributed by atoms with Crippen LogP contribution < -0.4 is 10.6 Å². The van der Waals surface area contributed by atoms with Crippen molar-refractivity contribution in [1.29, 1.82) is 0 Å². The first kappa shape index (κ1) is 14.6. The molecule has 0 aliphatic heterocycles. The molecular formula is C13H10Cl2FN3O.